The van der Waals surface area contributed by atoms with Crippen LogP contribution in [0.2, 0.25) is 0 Å². The molecule has 0 aliphatic carbocycles. The Bertz CT molecular complexity index is 2390. The molecule has 2 saturated heterocycles. The maximum absolute atomic E-state index is 14.0. The van der Waals surface area contributed by atoms with Crippen molar-refractivity contribution in [2.24, 2.45) is 5.92 Å². The molecule has 11 nitrogen and oxygen atoms in total. The van der Waals surface area contributed by atoms with Crippen LogP contribution in [0.1, 0.15) is 83.6 Å². The Labute approximate surface area is 333 Å². The van der Waals surface area contributed by atoms with Crippen LogP contribution in [-0.4, -0.2) is 72.2 Å². The van der Waals surface area contributed by atoms with Gasteiger partial charge in [-0.25, -0.2) is 8.42 Å². The fraction of sp³-hybridized carbons (Fsp3) is 0.356. The van der Waals surface area contributed by atoms with E-state index in [1.165, 1.54) is 0 Å². The zero-order valence-electron chi connectivity index (χ0n) is 32.0. The minimum atomic E-state index is -3.76. The molecule has 12 heteroatoms. The fourth-order valence-corrected chi connectivity index (χ4v) is 10.4. The van der Waals surface area contributed by atoms with E-state index in [2.05, 4.69) is 39.9 Å². The number of sulfonamides is 1. The van der Waals surface area contributed by atoms with Crippen LogP contribution in [0.4, 0.5) is 11.4 Å². The molecule has 4 N–H and O–H groups in total. The third-order valence-electron chi connectivity index (χ3n) is 11.8. The minimum Gasteiger partial charge on any atom is -0.394 e. The van der Waals surface area contributed by atoms with Crippen LogP contribution in [-0.2, 0) is 26.2 Å². The van der Waals surface area contributed by atoms with Crippen LogP contribution in [0.25, 0.3) is 11.1 Å². The molecular formula is C45H47N5O6S. The van der Waals surface area contributed by atoms with Crippen molar-refractivity contribution in [1.29, 1.82) is 0 Å². The van der Waals surface area contributed by atoms with Crippen LogP contribution in [0.3, 0.4) is 0 Å². The summed E-state index contributed by atoms with van der Waals surface area (Å²) in [4.78, 5) is 39.0. The second-order valence-electron chi connectivity index (χ2n) is 15.4. The third-order valence-corrected chi connectivity index (χ3v) is 13.7. The highest BCUT2D eigenvalue weighted by Gasteiger charge is 2.48. The monoisotopic (exact) mass is 785 g/mol. The Morgan fingerprint density at radius 1 is 0.912 bits per heavy atom. The topological polar surface area (TPSA) is 148 Å². The molecule has 3 amide bonds. The van der Waals surface area contributed by atoms with Crippen molar-refractivity contribution in [3.05, 3.63) is 113 Å². The van der Waals surface area contributed by atoms with Gasteiger partial charge in [0.25, 0.3) is 5.91 Å². The second-order valence-corrected chi connectivity index (χ2v) is 17.3. The smallest absolute Gasteiger partial charge is 0.255 e. The molecule has 4 aliphatic heterocycles. The van der Waals surface area contributed by atoms with Crippen molar-refractivity contribution in [1.82, 2.24) is 14.5 Å². The lowest BCUT2D eigenvalue weighted by Gasteiger charge is -2.39. The van der Waals surface area contributed by atoms with E-state index in [1.807, 2.05) is 61.5 Å². The zero-order chi connectivity index (χ0) is 39.7. The summed E-state index contributed by atoms with van der Waals surface area (Å²) in [5, 5.41) is 19.6. The van der Waals surface area contributed by atoms with Gasteiger partial charge < -0.3 is 20.6 Å². The number of anilines is 2. The van der Waals surface area contributed by atoms with E-state index in [9.17, 15) is 27.9 Å². The van der Waals surface area contributed by atoms with Crippen LogP contribution >= 0.6 is 0 Å². The minimum absolute atomic E-state index is 0.0616. The molecule has 57 heavy (non-hydrogen) atoms. The lowest BCUT2D eigenvalue weighted by Crippen LogP contribution is -2.52. The van der Waals surface area contributed by atoms with Crippen molar-refractivity contribution in [3.63, 3.8) is 0 Å². The SMILES string of the molecule is Cc1ccc(S(=O)(=O)N2CC[C@@H]3[C@H](CO)Nc4ccc(-c5cccc(C#CCCCCCNc6cccc7c6CN(C6CCC(=O)NC6=O)C7=O)c5)cc4[C@@H]32)cc1. The predicted octanol–water partition coefficient (Wildman–Crippen LogP) is 5.99. The number of carbonyl (C=O) groups excluding carboxylic acids is 3. The number of aliphatic hydroxyl groups is 1. The normalized spacial score (nSPS) is 21.5. The van der Waals surface area contributed by atoms with Gasteiger partial charge in [0, 0.05) is 66.5 Å². The highest BCUT2D eigenvalue weighted by molar-refractivity contribution is 7.89. The summed E-state index contributed by atoms with van der Waals surface area (Å²) < 4.78 is 29.6. The molecule has 294 valence electrons. The molecule has 4 atom stereocenters. The maximum Gasteiger partial charge on any atom is 0.255 e. The number of imide groups is 1. The van der Waals surface area contributed by atoms with Gasteiger partial charge in [-0.3, -0.25) is 19.7 Å². The van der Waals surface area contributed by atoms with E-state index in [4.69, 9.17) is 0 Å². The molecule has 2 fully saturated rings. The number of nitrogens with one attached hydrogen (secondary N) is 3. The van der Waals surface area contributed by atoms with E-state index >= 15 is 0 Å². The molecule has 0 aromatic heterocycles. The van der Waals surface area contributed by atoms with Crippen molar-refractivity contribution >= 4 is 39.1 Å². The Morgan fingerprint density at radius 3 is 2.53 bits per heavy atom. The summed E-state index contributed by atoms with van der Waals surface area (Å²) in [5.74, 6) is 5.71. The van der Waals surface area contributed by atoms with Crippen LogP contribution in [0, 0.1) is 24.7 Å². The first-order valence-electron chi connectivity index (χ1n) is 19.8. The lowest BCUT2D eigenvalue weighted by molar-refractivity contribution is -0.136. The van der Waals surface area contributed by atoms with Gasteiger partial charge >= 0.3 is 0 Å². The number of piperidine rings is 1. The predicted molar refractivity (Wildman–Crippen MR) is 219 cm³/mol. The van der Waals surface area contributed by atoms with Crippen LogP contribution < -0.4 is 16.0 Å². The molecule has 4 aromatic carbocycles. The van der Waals surface area contributed by atoms with Gasteiger partial charge in [0.15, 0.2) is 0 Å². The first-order chi connectivity index (χ1) is 27.6. The zero-order valence-corrected chi connectivity index (χ0v) is 32.8. The summed E-state index contributed by atoms with van der Waals surface area (Å²) >= 11 is 0. The first kappa shape index (κ1) is 38.4. The molecule has 0 saturated carbocycles. The number of rotatable bonds is 11. The quantitative estimate of drug-likeness (QED) is 0.0825. The van der Waals surface area contributed by atoms with Gasteiger partial charge in [0.05, 0.1) is 23.6 Å². The Balaban J connectivity index is 0.874. The summed E-state index contributed by atoms with van der Waals surface area (Å²) in [6.45, 7) is 3.33. The molecule has 0 radical (unpaired) electrons. The number of hydrogen-bond acceptors (Lipinski definition) is 8. The molecule has 8 rings (SSSR count). The van der Waals surface area contributed by atoms with E-state index in [1.54, 1.807) is 27.4 Å². The Kier molecular flexibility index (Phi) is 10.9. The molecule has 0 spiro atoms. The number of aryl methyl sites for hydroxylation is 1. The number of aliphatic hydroxyl groups excluding tert-OH is 1. The highest BCUT2D eigenvalue weighted by atomic mass is 32.2. The lowest BCUT2D eigenvalue weighted by atomic mass is 9.82. The number of hydrogen-bond donors (Lipinski definition) is 4. The fourth-order valence-electron chi connectivity index (χ4n) is 8.75. The molecule has 4 aromatic rings. The van der Waals surface area contributed by atoms with Crippen LogP contribution in [0.5, 0.6) is 0 Å². The van der Waals surface area contributed by atoms with Crippen molar-refractivity contribution in [2.45, 2.75) is 81.4 Å². The van der Waals surface area contributed by atoms with Gasteiger partial charge in [-0.15, -0.1) is 0 Å². The van der Waals surface area contributed by atoms with Gasteiger partial charge in [0.1, 0.15) is 6.04 Å². The number of nitrogens with zero attached hydrogens (tertiary/aromatic N) is 2. The van der Waals surface area contributed by atoms with Crippen molar-refractivity contribution < 1.29 is 27.9 Å². The van der Waals surface area contributed by atoms with Gasteiger partial charge in [-0.1, -0.05) is 60.2 Å². The highest BCUT2D eigenvalue weighted by Crippen LogP contribution is 2.49. The largest absolute Gasteiger partial charge is 0.394 e. The maximum atomic E-state index is 14.0. The number of unbranched alkanes of at least 4 members (excludes halogenated alkanes) is 3. The number of fused-ring (bicyclic) bond motifs is 4. The average Bonchev–Trinajstić information content (AvgIpc) is 3.82. The number of benzene rings is 4. The standard InChI is InChI=1S/C45H47N5O6S/c1-29-14-17-33(18-15-29)57(55,56)50-24-22-35-40(28-51)47-39-19-16-32(26-36(39)43(35)50)31-11-7-10-30(25-31)9-5-3-2-4-6-23-46-38-13-8-12-34-37(38)27-49(45(34)54)41-20-21-42(52)48-44(41)53/h7-8,10-19,25-26,35,40-41,43,46-47,51H,2-4,6,20-24,27-28H2,1H3,(H,48,52,53)/t35-,40+,41?,43-/m1/s1. The van der Waals surface area contributed by atoms with Crippen LogP contribution in [0.15, 0.2) is 89.8 Å². The van der Waals surface area contributed by atoms with E-state index in [-0.39, 0.29) is 41.7 Å². The van der Waals surface area contributed by atoms with E-state index in [0.29, 0.717) is 31.5 Å². The van der Waals surface area contributed by atoms with Crippen molar-refractivity contribution in [3.8, 4) is 23.0 Å². The van der Waals surface area contributed by atoms with E-state index in [0.717, 1.165) is 77.0 Å². The summed E-state index contributed by atoms with van der Waals surface area (Å²) in [7, 11) is -3.76. The first-order valence-corrected chi connectivity index (χ1v) is 21.3. The molecule has 0 bridgehead atoms. The van der Waals surface area contributed by atoms with Gasteiger partial charge in [-0.05, 0) is 97.8 Å². The van der Waals surface area contributed by atoms with Gasteiger partial charge in [0.2, 0.25) is 21.8 Å². The summed E-state index contributed by atoms with van der Waals surface area (Å²) in [6.07, 6.45) is 4.84. The third kappa shape index (κ3) is 7.67. The van der Waals surface area contributed by atoms with Gasteiger partial charge in [-0.2, -0.15) is 4.31 Å². The molecule has 1 unspecified atom stereocenters. The Morgan fingerprint density at radius 2 is 1.72 bits per heavy atom. The molecule has 4 aliphatic rings. The molecular weight excluding hydrogens is 739 g/mol. The van der Waals surface area contributed by atoms with Crippen molar-refractivity contribution in [2.75, 3.05) is 30.3 Å². The second kappa shape index (κ2) is 16.2. The Hall–Kier alpha value is -5.48. The number of carbonyl (C=O) groups is 3. The van der Waals surface area contributed by atoms with E-state index < -0.39 is 28.0 Å². The summed E-state index contributed by atoms with van der Waals surface area (Å²) in [6, 6.07) is 25.6. The molecule has 4 heterocycles. The average molecular weight is 786 g/mol. The number of amides is 3. The summed E-state index contributed by atoms with van der Waals surface area (Å²) in [5.41, 5.74) is 8.02.